The Bertz CT molecular complexity index is 1240. The van der Waals surface area contributed by atoms with E-state index in [2.05, 4.69) is 20.9 Å². The normalized spacial score (nSPS) is 11.3. The van der Waals surface area contributed by atoms with Gasteiger partial charge in [0.05, 0.1) is 21.6 Å². The molecule has 4 nitrogen and oxygen atoms in total. The number of aryl methyl sites for hydroxylation is 1. The molecule has 148 valence electrons. The second kappa shape index (κ2) is 8.05. The first-order valence-corrected chi connectivity index (χ1v) is 10.2. The van der Waals surface area contributed by atoms with Crippen LogP contribution in [0, 0.1) is 5.82 Å². The molecule has 0 aliphatic carbocycles. The van der Waals surface area contributed by atoms with Gasteiger partial charge in [-0.05, 0) is 70.1 Å². The molecule has 0 aliphatic rings. The second-order valence-corrected chi connectivity index (χ2v) is 7.84. The maximum Gasteiger partial charge on any atom is 0.352 e. The Kier molecular flexibility index (Phi) is 5.48. The number of rotatable bonds is 6. The van der Waals surface area contributed by atoms with Crippen molar-refractivity contribution in [3.63, 3.8) is 0 Å². The SMILES string of the molecule is O=C(O)c1[nH]c2c(Br)c(Cl)ccc2c1CCCOc1cccc2cc(F)ccc12. The summed E-state index contributed by atoms with van der Waals surface area (Å²) in [6, 6.07) is 13.6. The standard InChI is InChI=1S/C22H16BrClFNO3/c23-19-17(24)9-8-16-15(21(22(27)28)26-20(16)19)4-2-10-29-18-5-1-3-12-11-13(25)6-7-14(12)18/h1,3,5-9,11,26H,2,4,10H2,(H,27,28). The molecule has 7 heteroatoms. The molecule has 0 aliphatic heterocycles. The molecule has 1 heterocycles. The summed E-state index contributed by atoms with van der Waals surface area (Å²) in [6.07, 6.45) is 1.14. The number of aromatic nitrogens is 1. The van der Waals surface area contributed by atoms with Crippen molar-refractivity contribution in [2.75, 3.05) is 6.61 Å². The largest absolute Gasteiger partial charge is 0.493 e. The molecular weight excluding hydrogens is 461 g/mol. The van der Waals surface area contributed by atoms with Crippen molar-refractivity contribution >= 4 is 55.2 Å². The molecule has 4 aromatic rings. The zero-order valence-corrected chi connectivity index (χ0v) is 17.5. The molecule has 0 unspecified atom stereocenters. The van der Waals surface area contributed by atoms with Crippen LogP contribution in [0.5, 0.6) is 5.75 Å². The molecule has 29 heavy (non-hydrogen) atoms. The van der Waals surface area contributed by atoms with E-state index in [4.69, 9.17) is 16.3 Å². The summed E-state index contributed by atoms with van der Waals surface area (Å²) < 4.78 is 20.0. The highest BCUT2D eigenvalue weighted by Gasteiger charge is 2.19. The van der Waals surface area contributed by atoms with Gasteiger partial charge in [-0.2, -0.15) is 0 Å². The highest BCUT2D eigenvalue weighted by atomic mass is 79.9. The van der Waals surface area contributed by atoms with Crippen molar-refractivity contribution in [3.05, 3.63) is 75.1 Å². The third-order valence-corrected chi connectivity index (χ3v) is 6.18. The summed E-state index contributed by atoms with van der Waals surface area (Å²) in [7, 11) is 0. The predicted octanol–water partition coefficient (Wildman–Crippen LogP) is 6.59. The fraction of sp³-hybridized carbons (Fsp3) is 0.136. The van der Waals surface area contributed by atoms with Crippen LogP contribution in [0.1, 0.15) is 22.5 Å². The monoisotopic (exact) mass is 475 g/mol. The first-order chi connectivity index (χ1) is 14.0. The number of fused-ring (bicyclic) bond motifs is 2. The van der Waals surface area contributed by atoms with Crippen LogP contribution in [-0.4, -0.2) is 22.7 Å². The number of hydrogen-bond acceptors (Lipinski definition) is 2. The minimum absolute atomic E-state index is 0.156. The minimum Gasteiger partial charge on any atom is -0.493 e. The molecule has 0 amide bonds. The van der Waals surface area contributed by atoms with E-state index in [1.54, 1.807) is 12.1 Å². The van der Waals surface area contributed by atoms with E-state index in [0.29, 0.717) is 45.8 Å². The fourth-order valence-corrected chi connectivity index (χ4v) is 4.09. The first-order valence-electron chi connectivity index (χ1n) is 8.98. The summed E-state index contributed by atoms with van der Waals surface area (Å²) in [5, 5.41) is 12.5. The Labute approximate surface area is 179 Å². The number of ether oxygens (including phenoxy) is 1. The number of carboxylic acids is 1. The molecule has 0 spiro atoms. The van der Waals surface area contributed by atoms with Crippen LogP contribution in [0.15, 0.2) is 53.0 Å². The average Bonchev–Trinajstić information content (AvgIpc) is 3.07. The third-order valence-electron chi connectivity index (χ3n) is 4.82. The Hall–Kier alpha value is -2.57. The molecule has 0 bridgehead atoms. The van der Waals surface area contributed by atoms with E-state index in [1.807, 2.05) is 24.3 Å². The Morgan fingerprint density at radius 1 is 1.17 bits per heavy atom. The summed E-state index contributed by atoms with van der Waals surface area (Å²) in [5.74, 6) is -0.632. The number of halogens is 3. The average molecular weight is 477 g/mol. The molecule has 2 N–H and O–H groups in total. The second-order valence-electron chi connectivity index (χ2n) is 6.64. The van der Waals surface area contributed by atoms with Crippen molar-refractivity contribution in [3.8, 4) is 5.75 Å². The lowest BCUT2D eigenvalue weighted by Gasteiger charge is -2.10. The van der Waals surface area contributed by atoms with E-state index < -0.39 is 5.97 Å². The Morgan fingerprint density at radius 2 is 1.97 bits per heavy atom. The van der Waals surface area contributed by atoms with Crippen molar-refractivity contribution in [2.45, 2.75) is 12.8 Å². The predicted molar refractivity (Wildman–Crippen MR) is 116 cm³/mol. The Morgan fingerprint density at radius 3 is 2.76 bits per heavy atom. The van der Waals surface area contributed by atoms with E-state index in [-0.39, 0.29) is 11.5 Å². The van der Waals surface area contributed by atoms with Crippen molar-refractivity contribution in [1.29, 1.82) is 0 Å². The topological polar surface area (TPSA) is 62.3 Å². The van der Waals surface area contributed by atoms with Gasteiger partial charge in [-0.3, -0.25) is 0 Å². The van der Waals surface area contributed by atoms with Crippen LogP contribution in [0.3, 0.4) is 0 Å². The lowest BCUT2D eigenvalue weighted by Crippen LogP contribution is -2.04. The van der Waals surface area contributed by atoms with Gasteiger partial charge in [0.25, 0.3) is 0 Å². The molecule has 4 rings (SSSR count). The maximum absolute atomic E-state index is 13.4. The quantitative estimate of drug-likeness (QED) is 0.309. The van der Waals surface area contributed by atoms with Crippen molar-refractivity contribution in [1.82, 2.24) is 4.98 Å². The van der Waals surface area contributed by atoms with E-state index in [9.17, 15) is 14.3 Å². The number of benzene rings is 3. The molecular formula is C22H16BrClFNO3. The van der Waals surface area contributed by atoms with E-state index >= 15 is 0 Å². The molecule has 0 saturated carbocycles. The van der Waals surface area contributed by atoms with Crippen LogP contribution >= 0.6 is 27.5 Å². The van der Waals surface area contributed by atoms with Gasteiger partial charge in [0.1, 0.15) is 17.3 Å². The van der Waals surface area contributed by atoms with E-state index in [1.165, 1.54) is 12.1 Å². The lowest BCUT2D eigenvalue weighted by molar-refractivity contribution is 0.0690. The van der Waals surface area contributed by atoms with Gasteiger partial charge in [0.2, 0.25) is 0 Å². The highest BCUT2D eigenvalue weighted by molar-refractivity contribution is 9.10. The van der Waals surface area contributed by atoms with Crippen LogP contribution in [0.25, 0.3) is 21.7 Å². The van der Waals surface area contributed by atoms with Gasteiger partial charge >= 0.3 is 5.97 Å². The van der Waals surface area contributed by atoms with Gasteiger partial charge in [-0.1, -0.05) is 29.8 Å². The zero-order valence-electron chi connectivity index (χ0n) is 15.1. The molecule has 0 atom stereocenters. The number of carboxylic acid groups (broad SMARTS) is 1. The number of H-pyrrole nitrogens is 1. The number of carbonyl (C=O) groups is 1. The van der Waals surface area contributed by atoms with Gasteiger partial charge in [-0.15, -0.1) is 0 Å². The van der Waals surface area contributed by atoms with Crippen LogP contribution in [0.4, 0.5) is 4.39 Å². The molecule has 3 aromatic carbocycles. The first kappa shape index (κ1) is 19.7. The van der Waals surface area contributed by atoms with Crippen LogP contribution < -0.4 is 4.74 Å². The van der Waals surface area contributed by atoms with Crippen LogP contribution in [-0.2, 0) is 6.42 Å². The smallest absolute Gasteiger partial charge is 0.352 e. The summed E-state index contributed by atoms with van der Waals surface area (Å²) in [5.41, 5.74) is 1.54. The fourth-order valence-electron chi connectivity index (χ4n) is 3.48. The third kappa shape index (κ3) is 3.82. The molecule has 0 fully saturated rings. The number of aromatic amines is 1. The van der Waals surface area contributed by atoms with E-state index in [0.717, 1.165) is 16.2 Å². The summed E-state index contributed by atoms with van der Waals surface area (Å²) in [4.78, 5) is 14.6. The lowest BCUT2D eigenvalue weighted by atomic mass is 10.1. The van der Waals surface area contributed by atoms with Gasteiger partial charge < -0.3 is 14.8 Å². The molecule has 0 saturated heterocycles. The van der Waals surface area contributed by atoms with Gasteiger partial charge in [-0.25, -0.2) is 9.18 Å². The zero-order chi connectivity index (χ0) is 20.5. The highest BCUT2D eigenvalue weighted by Crippen LogP contribution is 2.34. The molecule has 1 aromatic heterocycles. The summed E-state index contributed by atoms with van der Waals surface area (Å²) >= 11 is 9.53. The van der Waals surface area contributed by atoms with Gasteiger partial charge in [0, 0.05) is 10.8 Å². The number of nitrogens with one attached hydrogen (secondary N) is 1. The number of hydrogen-bond donors (Lipinski definition) is 2. The number of aromatic carboxylic acids is 1. The maximum atomic E-state index is 13.4. The van der Waals surface area contributed by atoms with Gasteiger partial charge in [0.15, 0.2) is 0 Å². The minimum atomic E-state index is -1.02. The van der Waals surface area contributed by atoms with Crippen molar-refractivity contribution < 1.29 is 19.0 Å². The van der Waals surface area contributed by atoms with Crippen molar-refractivity contribution in [2.24, 2.45) is 0 Å². The summed E-state index contributed by atoms with van der Waals surface area (Å²) in [6.45, 7) is 0.400. The molecule has 0 radical (unpaired) electrons. The van der Waals surface area contributed by atoms with Crippen LogP contribution in [0.2, 0.25) is 5.02 Å². The Balaban J connectivity index is 1.53.